The van der Waals surface area contributed by atoms with Crippen LogP contribution in [0.4, 0.5) is 30.2 Å². The lowest BCUT2D eigenvalue weighted by atomic mass is 9.96. The molecule has 2 aliphatic rings. The van der Waals surface area contributed by atoms with Crippen LogP contribution in [0.3, 0.4) is 0 Å². The number of nitrogens with one attached hydrogen (secondary N) is 3. The number of fused-ring (bicyclic) bond motifs is 1. The molecule has 0 saturated heterocycles. The number of benzene rings is 2. The molecule has 2 aromatic rings. The topological polar surface area (TPSA) is 113 Å². The Labute approximate surface area is 219 Å². The summed E-state index contributed by atoms with van der Waals surface area (Å²) in [6.07, 6.45) is -1.96. The highest BCUT2D eigenvalue weighted by atomic mass is 19.4. The minimum Gasteiger partial charge on any atom is -0.463 e. The van der Waals surface area contributed by atoms with Crippen LogP contribution in [-0.4, -0.2) is 30.9 Å². The zero-order valence-corrected chi connectivity index (χ0v) is 21.6. The van der Waals surface area contributed by atoms with E-state index >= 15 is 0 Å². The van der Waals surface area contributed by atoms with Crippen molar-refractivity contribution in [1.29, 1.82) is 0 Å². The Morgan fingerprint density at radius 3 is 2.55 bits per heavy atom. The van der Waals surface area contributed by atoms with Gasteiger partial charge in [-0.3, -0.25) is 4.79 Å². The number of carbonyl (C=O) groups excluding carboxylic acids is 1. The summed E-state index contributed by atoms with van der Waals surface area (Å²) < 4.78 is 46.3. The lowest BCUT2D eigenvalue weighted by Gasteiger charge is -2.24. The Bertz CT molecular complexity index is 1330. The van der Waals surface area contributed by atoms with Crippen LogP contribution in [0.1, 0.15) is 61.1 Å². The summed E-state index contributed by atoms with van der Waals surface area (Å²) in [6, 6.07) is 5.35. The number of amides is 1. The largest absolute Gasteiger partial charge is 0.463 e. The third-order valence-electron chi connectivity index (χ3n) is 6.30. The first-order chi connectivity index (χ1) is 17.9. The number of nitrogens with zero attached hydrogens (tertiary/aromatic N) is 2. The molecule has 0 spiro atoms. The van der Waals surface area contributed by atoms with Crippen molar-refractivity contribution in [3.05, 3.63) is 58.7 Å². The van der Waals surface area contributed by atoms with Gasteiger partial charge in [-0.2, -0.15) is 13.2 Å². The van der Waals surface area contributed by atoms with Crippen LogP contribution in [0.25, 0.3) is 5.70 Å². The second kappa shape index (κ2) is 10.8. The van der Waals surface area contributed by atoms with Gasteiger partial charge in [-0.15, -0.1) is 0 Å². The number of aliphatic imine (C=N–C) groups is 2. The SMILES string of the molecule is C=C(NC(C)c1cc(NC2=NCCO2)c2c(c1N=C(C)N)CCC2)c1cc(NC(C)=O)cc(C(F)(F)F)c1. The molecule has 2 aromatic carbocycles. The monoisotopic (exact) mass is 528 g/mol. The first-order valence-electron chi connectivity index (χ1n) is 12.3. The molecule has 1 heterocycles. The molecular weight excluding hydrogens is 497 g/mol. The molecular formula is C27H31F3N6O2. The first-order valence-corrected chi connectivity index (χ1v) is 12.3. The zero-order chi connectivity index (χ0) is 27.6. The van der Waals surface area contributed by atoms with E-state index in [2.05, 4.69) is 32.5 Å². The standard InChI is InChI=1S/C27H31F3N6O2/c1-14(18-10-19(27(28,29)30)12-20(11-18)35-17(4)37)33-15(2)23-13-24(36-26-32-8-9-38-26)21-6-5-7-22(21)25(23)34-16(3)31/h10-13,15,33H,1,5-9H2,2-4H3,(H2,31,34)(H,32,36)(H,35,37). The predicted octanol–water partition coefficient (Wildman–Crippen LogP) is 5.28. The Hall–Kier alpha value is -4.02. The molecule has 8 nitrogen and oxygen atoms in total. The minimum atomic E-state index is -4.60. The number of carbonyl (C=O) groups is 1. The van der Waals surface area contributed by atoms with Gasteiger partial charge in [-0.1, -0.05) is 6.58 Å². The summed E-state index contributed by atoms with van der Waals surface area (Å²) >= 11 is 0. The van der Waals surface area contributed by atoms with Crippen LogP contribution in [0.5, 0.6) is 0 Å². The molecule has 1 aliphatic heterocycles. The fourth-order valence-corrected chi connectivity index (χ4v) is 4.73. The molecule has 0 saturated carbocycles. The fraction of sp³-hybridized carbons (Fsp3) is 0.370. The average molecular weight is 529 g/mol. The van der Waals surface area contributed by atoms with Gasteiger partial charge in [0.2, 0.25) is 5.91 Å². The molecule has 0 radical (unpaired) electrons. The van der Waals surface area contributed by atoms with E-state index in [1.165, 1.54) is 13.0 Å². The molecule has 0 bridgehead atoms. The van der Waals surface area contributed by atoms with Crippen LogP contribution in [0, 0.1) is 0 Å². The molecule has 11 heteroatoms. The molecule has 1 amide bonds. The molecule has 1 unspecified atom stereocenters. The number of anilines is 2. The predicted molar refractivity (Wildman–Crippen MR) is 144 cm³/mol. The summed E-state index contributed by atoms with van der Waals surface area (Å²) in [5, 5.41) is 8.94. The Balaban J connectivity index is 1.71. The molecule has 0 fully saturated rings. The molecule has 5 N–H and O–H groups in total. The first kappa shape index (κ1) is 27.0. The lowest BCUT2D eigenvalue weighted by molar-refractivity contribution is -0.137. The van der Waals surface area contributed by atoms with Gasteiger partial charge < -0.3 is 26.4 Å². The van der Waals surface area contributed by atoms with Gasteiger partial charge in [0.25, 0.3) is 6.02 Å². The Morgan fingerprint density at radius 2 is 1.92 bits per heavy atom. The number of alkyl halides is 3. The second-order valence-corrected chi connectivity index (χ2v) is 9.41. The summed E-state index contributed by atoms with van der Waals surface area (Å²) in [5.74, 6) is -0.0793. The second-order valence-electron chi connectivity index (χ2n) is 9.41. The van der Waals surface area contributed by atoms with E-state index in [0.717, 1.165) is 59.5 Å². The Morgan fingerprint density at radius 1 is 1.18 bits per heavy atom. The van der Waals surface area contributed by atoms with E-state index < -0.39 is 23.7 Å². The number of halogens is 3. The number of ether oxygens (including phenoxy) is 1. The number of amidine groups is 2. The van der Waals surface area contributed by atoms with Gasteiger partial charge in [0.05, 0.1) is 29.7 Å². The summed E-state index contributed by atoms with van der Waals surface area (Å²) in [5.41, 5.74) is 10.2. The maximum absolute atomic E-state index is 13.6. The van der Waals surface area contributed by atoms with Crippen LogP contribution in [-0.2, 0) is 28.5 Å². The van der Waals surface area contributed by atoms with Crippen LogP contribution >= 0.6 is 0 Å². The third-order valence-corrected chi connectivity index (χ3v) is 6.30. The normalized spacial score (nSPS) is 15.8. The quantitative estimate of drug-likeness (QED) is 0.289. The van der Waals surface area contributed by atoms with Crippen molar-refractivity contribution in [3.63, 3.8) is 0 Å². The zero-order valence-electron chi connectivity index (χ0n) is 21.6. The van der Waals surface area contributed by atoms with Gasteiger partial charge in [0.15, 0.2) is 0 Å². The number of nitrogens with two attached hydrogens (primary N) is 1. The van der Waals surface area contributed by atoms with Crippen molar-refractivity contribution >= 4 is 40.5 Å². The van der Waals surface area contributed by atoms with E-state index in [9.17, 15) is 18.0 Å². The summed E-state index contributed by atoms with van der Waals surface area (Å²) in [7, 11) is 0. The van der Waals surface area contributed by atoms with Crippen LogP contribution < -0.4 is 21.7 Å². The maximum atomic E-state index is 13.6. The van der Waals surface area contributed by atoms with Crippen molar-refractivity contribution < 1.29 is 22.7 Å². The molecule has 1 aliphatic carbocycles. The van der Waals surface area contributed by atoms with Crippen molar-refractivity contribution in [1.82, 2.24) is 5.32 Å². The smallest absolute Gasteiger partial charge is 0.416 e. The van der Waals surface area contributed by atoms with Gasteiger partial charge in [0, 0.05) is 29.6 Å². The number of hydrogen-bond acceptors (Lipinski definition) is 6. The van der Waals surface area contributed by atoms with E-state index in [1.807, 2.05) is 13.0 Å². The van der Waals surface area contributed by atoms with Crippen LogP contribution in [0.2, 0.25) is 0 Å². The number of rotatable bonds is 7. The molecule has 4 rings (SSSR count). The summed E-state index contributed by atoms with van der Waals surface area (Å²) in [4.78, 5) is 20.5. The van der Waals surface area contributed by atoms with Crippen LogP contribution in [0.15, 0.2) is 40.8 Å². The van der Waals surface area contributed by atoms with E-state index in [4.69, 9.17) is 10.5 Å². The van der Waals surface area contributed by atoms with E-state index in [0.29, 0.717) is 25.0 Å². The molecule has 0 aromatic heterocycles. The van der Waals surface area contributed by atoms with Gasteiger partial charge >= 0.3 is 6.18 Å². The fourth-order valence-electron chi connectivity index (χ4n) is 4.73. The highest BCUT2D eigenvalue weighted by Crippen LogP contribution is 2.42. The highest BCUT2D eigenvalue weighted by molar-refractivity contribution is 5.93. The highest BCUT2D eigenvalue weighted by Gasteiger charge is 2.32. The molecule has 38 heavy (non-hydrogen) atoms. The summed E-state index contributed by atoms with van der Waals surface area (Å²) in [6.45, 7) is 9.92. The van der Waals surface area contributed by atoms with E-state index in [-0.39, 0.29) is 16.9 Å². The van der Waals surface area contributed by atoms with Gasteiger partial charge in [0.1, 0.15) is 6.61 Å². The van der Waals surface area contributed by atoms with Gasteiger partial charge in [-0.25, -0.2) is 9.98 Å². The molecule has 202 valence electrons. The third kappa shape index (κ3) is 6.09. The number of hydrogen-bond donors (Lipinski definition) is 4. The molecule has 1 atom stereocenters. The van der Waals surface area contributed by atoms with Crippen molar-refractivity contribution in [2.24, 2.45) is 15.7 Å². The maximum Gasteiger partial charge on any atom is 0.416 e. The van der Waals surface area contributed by atoms with Gasteiger partial charge in [-0.05, 0) is 74.1 Å². The Kier molecular flexibility index (Phi) is 7.66. The average Bonchev–Trinajstić information content (AvgIpc) is 3.51. The van der Waals surface area contributed by atoms with E-state index in [1.54, 1.807) is 6.92 Å². The minimum absolute atomic E-state index is 0.0309. The van der Waals surface area contributed by atoms with Crippen molar-refractivity contribution in [2.75, 3.05) is 23.8 Å². The van der Waals surface area contributed by atoms with Crippen molar-refractivity contribution in [3.8, 4) is 0 Å². The van der Waals surface area contributed by atoms with Crippen molar-refractivity contribution in [2.45, 2.75) is 52.3 Å². The lowest BCUT2D eigenvalue weighted by Crippen LogP contribution is -2.20.